The highest BCUT2D eigenvalue weighted by atomic mass is 19.1. The van der Waals surface area contributed by atoms with Crippen LogP contribution in [0.3, 0.4) is 0 Å². The first kappa shape index (κ1) is 20.1. The van der Waals surface area contributed by atoms with Gasteiger partial charge in [0.05, 0.1) is 7.11 Å². The summed E-state index contributed by atoms with van der Waals surface area (Å²) in [7, 11) is 1.22. The number of methoxy groups -OCH3 is 1. The topological polar surface area (TPSA) is 64.0 Å². The number of hydrogen-bond acceptors (Lipinski definition) is 6. The van der Waals surface area contributed by atoms with E-state index in [1.165, 1.54) is 63.0 Å². The Morgan fingerprint density at radius 1 is 0.967 bits per heavy atom. The minimum absolute atomic E-state index is 0.372. The molecule has 0 radical (unpaired) electrons. The van der Waals surface area contributed by atoms with Crippen LogP contribution in [-0.4, -0.2) is 40.1 Å². The molecule has 0 bridgehead atoms. The molecule has 3 heterocycles. The van der Waals surface area contributed by atoms with E-state index in [0.717, 1.165) is 24.2 Å². The van der Waals surface area contributed by atoms with Crippen LogP contribution >= 0.6 is 0 Å². The summed E-state index contributed by atoms with van der Waals surface area (Å²) in [6, 6.07) is 2.36. The molecule has 6 nitrogen and oxygen atoms in total. The van der Waals surface area contributed by atoms with Gasteiger partial charge in [0.1, 0.15) is 6.33 Å². The summed E-state index contributed by atoms with van der Waals surface area (Å²) in [5.74, 6) is 0.937. The summed E-state index contributed by atoms with van der Waals surface area (Å²) in [6.45, 7) is 4.48. The van der Waals surface area contributed by atoms with Crippen molar-refractivity contribution in [1.29, 1.82) is 0 Å². The third-order valence-corrected chi connectivity index (χ3v) is 5.46. The zero-order chi connectivity index (χ0) is 21.1. The van der Waals surface area contributed by atoms with Gasteiger partial charge in [0.15, 0.2) is 17.4 Å². The molecular formula is C22H23F2N5O. The van der Waals surface area contributed by atoms with Gasteiger partial charge in [-0.15, -0.1) is 0 Å². The molecular weight excluding hydrogens is 388 g/mol. The Labute approximate surface area is 174 Å². The highest BCUT2D eigenvalue weighted by molar-refractivity contribution is 5.62. The minimum atomic E-state index is -0.749. The zero-order valence-electron chi connectivity index (χ0n) is 16.9. The molecule has 2 fully saturated rings. The fourth-order valence-corrected chi connectivity index (χ4v) is 3.63. The van der Waals surface area contributed by atoms with E-state index in [2.05, 4.69) is 36.5 Å². The van der Waals surface area contributed by atoms with Crippen molar-refractivity contribution < 1.29 is 13.5 Å². The lowest BCUT2D eigenvalue weighted by molar-refractivity contribution is 0.360. The lowest BCUT2D eigenvalue weighted by Gasteiger charge is -2.17. The van der Waals surface area contributed by atoms with Crippen LogP contribution in [0.5, 0.6) is 5.75 Å². The van der Waals surface area contributed by atoms with Crippen LogP contribution in [0.4, 0.5) is 14.7 Å². The number of anilines is 1. The maximum atomic E-state index is 13.4. The quantitative estimate of drug-likeness (QED) is 0.648. The molecule has 5 rings (SSSR count). The van der Waals surface area contributed by atoms with E-state index in [1.807, 2.05) is 12.4 Å². The van der Waals surface area contributed by atoms with Crippen molar-refractivity contribution in [2.24, 2.45) is 11.8 Å². The molecule has 1 aromatic carbocycles. The second-order valence-electron chi connectivity index (χ2n) is 7.51. The number of aromatic nitrogens is 4. The van der Waals surface area contributed by atoms with Gasteiger partial charge in [-0.1, -0.05) is 6.92 Å². The number of halogens is 2. The average molecular weight is 411 g/mol. The van der Waals surface area contributed by atoms with Gasteiger partial charge in [-0.2, -0.15) is 0 Å². The number of aryl methyl sites for hydroxylation is 1. The molecule has 2 atom stereocenters. The van der Waals surface area contributed by atoms with Crippen LogP contribution in [0.15, 0.2) is 43.2 Å². The Morgan fingerprint density at radius 2 is 1.57 bits per heavy atom. The maximum absolute atomic E-state index is 13.4. The third kappa shape index (κ3) is 4.37. The molecule has 0 N–H and O–H groups in total. The number of hydrogen-bond donors (Lipinski definition) is 0. The second-order valence-corrected chi connectivity index (χ2v) is 7.51. The van der Waals surface area contributed by atoms with Crippen LogP contribution in [0.25, 0.3) is 11.1 Å². The van der Waals surface area contributed by atoms with Gasteiger partial charge in [-0.3, -0.25) is 0 Å². The number of ether oxygens (including phenoxy) is 1. The molecule has 0 amide bonds. The molecule has 30 heavy (non-hydrogen) atoms. The fraction of sp³-hybridized carbons (Fsp3) is 0.364. The number of benzene rings is 1. The van der Waals surface area contributed by atoms with E-state index in [-0.39, 0.29) is 5.75 Å². The van der Waals surface area contributed by atoms with Gasteiger partial charge in [0.2, 0.25) is 5.95 Å². The molecule has 2 aromatic heterocycles. The van der Waals surface area contributed by atoms with Crippen molar-refractivity contribution in [2.45, 2.75) is 19.8 Å². The van der Waals surface area contributed by atoms with Crippen LogP contribution in [0.2, 0.25) is 0 Å². The Bertz CT molecular complexity index is 967. The van der Waals surface area contributed by atoms with Gasteiger partial charge < -0.3 is 9.64 Å². The van der Waals surface area contributed by atoms with Gasteiger partial charge in [-0.05, 0) is 47.9 Å². The van der Waals surface area contributed by atoms with Gasteiger partial charge in [0.25, 0.3) is 0 Å². The summed E-state index contributed by atoms with van der Waals surface area (Å²) in [5.41, 5.74) is 2.14. The molecule has 3 aromatic rings. The second kappa shape index (κ2) is 8.69. The first-order chi connectivity index (χ1) is 14.6. The van der Waals surface area contributed by atoms with Crippen molar-refractivity contribution >= 4 is 5.95 Å². The largest absolute Gasteiger partial charge is 0.491 e. The summed E-state index contributed by atoms with van der Waals surface area (Å²) in [5, 5.41) is 0. The van der Waals surface area contributed by atoms with Crippen molar-refractivity contribution in [1.82, 2.24) is 19.9 Å². The first-order valence-corrected chi connectivity index (χ1v) is 9.93. The van der Waals surface area contributed by atoms with Crippen molar-refractivity contribution in [3.05, 3.63) is 60.4 Å². The lowest BCUT2D eigenvalue weighted by atomic mass is 10.1. The standard InChI is InChI=1S/C11H8F2N2O.C11H15N3/c1-16-11-9(12)2-7(3-10(11)13)8-4-14-6-15-5-8;1-2-8-4-12-11(13-5-8)14-6-9-3-10(9)7-14/h2-6H,1H3;4-5,9-10H,2-3,6-7H2,1H3. The summed E-state index contributed by atoms with van der Waals surface area (Å²) >= 11 is 0. The summed E-state index contributed by atoms with van der Waals surface area (Å²) in [4.78, 5) is 18.7. The highest BCUT2D eigenvalue weighted by Gasteiger charge is 2.45. The van der Waals surface area contributed by atoms with Crippen LogP contribution in [0.1, 0.15) is 18.9 Å². The van der Waals surface area contributed by atoms with E-state index in [9.17, 15) is 8.78 Å². The van der Waals surface area contributed by atoms with Crippen LogP contribution < -0.4 is 9.64 Å². The van der Waals surface area contributed by atoms with E-state index in [1.54, 1.807) is 0 Å². The minimum Gasteiger partial charge on any atom is -0.491 e. The molecule has 2 unspecified atom stereocenters. The van der Waals surface area contributed by atoms with Gasteiger partial charge in [-0.25, -0.2) is 28.7 Å². The number of nitrogens with zero attached hydrogens (tertiary/aromatic N) is 5. The Morgan fingerprint density at radius 3 is 2.10 bits per heavy atom. The molecule has 2 aliphatic rings. The monoisotopic (exact) mass is 411 g/mol. The zero-order valence-corrected chi connectivity index (χ0v) is 16.9. The van der Waals surface area contributed by atoms with Crippen molar-refractivity contribution in [3.8, 4) is 16.9 Å². The SMILES string of the molecule is CCc1cnc(N2CC3CC3C2)nc1.COc1c(F)cc(-c2cncnc2)cc1F. The molecule has 1 saturated carbocycles. The predicted molar refractivity (Wildman–Crippen MR) is 109 cm³/mol. The van der Waals surface area contributed by atoms with Crippen molar-refractivity contribution in [2.75, 3.05) is 25.1 Å². The van der Waals surface area contributed by atoms with Crippen molar-refractivity contribution in [3.63, 3.8) is 0 Å². The van der Waals surface area contributed by atoms with Crippen LogP contribution in [-0.2, 0) is 6.42 Å². The third-order valence-electron chi connectivity index (χ3n) is 5.46. The molecule has 0 spiro atoms. The Hall–Kier alpha value is -3.16. The molecule has 1 aliphatic heterocycles. The molecule has 1 saturated heterocycles. The Kier molecular flexibility index (Phi) is 5.83. The van der Waals surface area contributed by atoms with Crippen LogP contribution in [0, 0.1) is 23.5 Å². The van der Waals surface area contributed by atoms with Gasteiger partial charge in [0, 0.05) is 43.4 Å². The number of fused-ring (bicyclic) bond motifs is 1. The number of piperidine rings is 1. The summed E-state index contributed by atoms with van der Waals surface area (Å²) < 4.78 is 31.4. The lowest BCUT2D eigenvalue weighted by Crippen LogP contribution is -2.23. The van der Waals surface area contributed by atoms with Gasteiger partial charge >= 0.3 is 0 Å². The molecule has 8 heteroatoms. The number of rotatable bonds is 4. The maximum Gasteiger partial charge on any atom is 0.225 e. The van der Waals surface area contributed by atoms with E-state index >= 15 is 0 Å². The molecule has 156 valence electrons. The van der Waals surface area contributed by atoms with E-state index < -0.39 is 11.6 Å². The summed E-state index contributed by atoms with van der Waals surface area (Å²) in [6.07, 6.45) is 10.7. The molecule has 1 aliphatic carbocycles. The average Bonchev–Trinajstić information content (AvgIpc) is 3.39. The highest BCUT2D eigenvalue weighted by Crippen LogP contribution is 2.45. The van der Waals surface area contributed by atoms with E-state index in [0.29, 0.717) is 11.1 Å². The predicted octanol–water partition coefficient (Wildman–Crippen LogP) is 3.93. The fourth-order valence-electron chi connectivity index (χ4n) is 3.63. The Balaban J connectivity index is 0.000000146. The van der Waals surface area contributed by atoms with E-state index in [4.69, 9.17) is 0 Å². The normalized spacial score (nSPS) is 19.0. The first-order valence-electron chi connectivity index (χ1n) is 9.93. The smallest absolute Gasteiger partial charge is 0.225 e.